The molecule has 7 heteroatoms. The van der Waals surface area contributed by atoms with Crippen LogP contribution >= 0.6 is 12.2 Å². The molecule has 2 fully saturated rings. The molecule has 0 radical (unpaired) electrons. The van der Waals surface area contributed by atoms with Crippen molar-refractivity contribution in [2.24, 2.45) is 0 Å². The van der Waals surface area contributed by atoms with Gasteiger partial charge in [0.05, 0.1) is 19.6 Å². The van der Waals surface area contributed by atoms with Crippen molar-refractivity contribution >= 4 is 29.2 Å². The number of hydrogen-bond donors (Lipinski definition) is 2. The molecular formula is C15H23N3O3S. The number of fused-ring (bicyclic) bond motifs is 1. The summed E-state index contributed by atoms with van der Waals surface area (Å²) in [5.41, 5.74) is 0. The second-order valence-corrected chi connectivity index (χ2v) is 6.03. The van der Waals surface area contributed by atoms with Gasteiger partial charge in [-0.05, 0) is 25.1 Å². The largest absolute Gasteiger partial charge is 0.469 e. The van der Waals surface area contributed by atoms with Crippen LogP contribution in [0.3, 0.4) is 0 Å². The molecule has 0 aromatic carbocycles. The van der Waals surface area contributed by atoms with E-state index in [4.69, 9.17) is 17.0 Å². The van der Waals surface area contributed by atoms with Gasteiger partial charge in [-0.1, -0.05) is 18.9 Å². The molecule has 6 nitrogen and oxygen atoms in total. The molecule has 0 spiro atoms. The fourth-order valence-electron chi connectivity index (χ4n) is 3.22. The van der Waals surface area contributed by atoms with Gasteiger partial charge in [0.2, 0.25) is 5.91 Å². The van der Waals surface area contributed by atoms with E-state index in [1.54, 1.807) is 6.08 Å². The van der Waals surface area contributed by atoms with Crippen LogP contribution in [0, 0.1) is 0 Å². The van der Waals surface area contributed by atoms with E-state index in [1.807, 2.05) is 4.90 Å². The lowest BCUT2D eigenvalue weighted by Crippen LogP contribution is -2.69. The summed E-state index contributed by atoms with van der Waals surface area (Å²) in [5, 5.41) is 6.63. The quantitative estimate of drug-likeness (QED) is 0.451. The fraction of sp³-hybridized carbons (Fsp3) is 0.667. The molecule has 122 valence electrons. The summed E-state index contributed by atoms with van der Waals surface area (Å²) >= 11 is 5.46. The zero-order chi connectivity index (χ0) is 16.1. The highest BCUT2D eigenvalue weighted by molar-refractivity contribution is 7.80. The first-order valence-corrected chi connectivity index (χ1v) is 8.03. The molecule has 3 atom stereocenters. The van der Waals surface area contributed by atoms with Gasteiger partial charge in [0.1, 0.15) is 6.04 Å². The Balaban J connectivity index is 2.22. The van der Waals surface area contributed by atoms with E-state index in [1.165, 1.54) is 7.11 Å². The van der Waals surface area contributed by atoms with E-state index >= 15 is 0 Å². The molecule has 2 aliphatic rings. The molecule has 22 heavy (non-hydrogen) atoms. The van der Waals surface area contributed by atoms with Crippen molar-refractivity contribution in [3.05, 3.63) is 12.7 Å². The van der Waals surface area contributed by atoms with Crippen LogP contribution in [-0.2, 0) is 14.3 Å². The molecular weight excluding hydrogens is 302 g/mol. The first-order chi connectivity index (χ1) is 10.6. The van der Waals surface area contributed by atoms with Crippen LogP contribution < -0.4 is 10.6 Å². The zero-order valence-corrected chi connectivity index (χ0v) is 13.7. The van der Waals surface area contributed by atoms with Crippen molar-refractivity contribution in [3.8, 4) is 0 Å². The average Bonchev–Trinajstić information content (AvgIpc) is 2.53. The molecule has 0 aromatic heterocycles. The summed E-state index contributed by atoms with van der Waals surface area (Å²) in [4.78, 5) is 26.0. The van der Waals surface area contributed by atoms with Gasteiger partial charge in [-0.2, -0.15) is 0 Å². The number of carbonyl (C=O) groups is 2. The van der Waals surface area contributed by atoms with Crippen molar-refractivity contribution in [1.29, 1.82) is 0 Å². The lowest BCUT2D eigenvalue weighted by atomic mass is 9.85. The maximum atomic E-state index is 12.4. The maximum absolute atomic E-state index is 12.4. The summed E-state index contributed by atoms with van der Waals surface area (Å²) in [6.45, 7) is 4.19. The topological polar surface area (TPSA) is 70.7 Å². The van der Waals surface area contributed by atoms with Crippen LogP contribution in [-0.4, -0.2) is 53.7 Å². The Morgan fingerprint density at radius 3 is 2.95 bits per heavy atom. The Morgan fingerprint density at radius 1 is 1.55 bits per heavy atom. The summed E-state index contributed by atoms with van der Waals surface area (Å²) < 4.78 is 4.72. The van der Waals surface area contributed by atoms with Gasteiger partial charge >= 0.3 is 5.97 Å². The third kappa shape index (κ3) is 3.58. The van der Waals surface area contributed by atoms with Crippen molar-refractivity contribution in [2.75, 3.05) is 13.7 Å². The Kier molecular flexibility index (Phi) is 5.76. The van der Waals surface area contributed by atoms with E-state index in [9.17, 15) is 9.59 Å². The summed E-state index contributed by atoms with van der Waals surface area (Å²) in [5.74, 6) is -0.567. The molecule has 2 rings (SSSR count). The van der Waals surface area contributed by atoms with Gasteiger partial charge in [0.15, 0.2) is 5.11 Å². The van der Waals surface area contributed by atoms with Crippen molar-refractivity contribution in [2.45, 2.75) is 50.2 Å². The molecule has 1 aliphatic carbocycles. The number of carbonyl (C=O) groups excluding carboxylic acids is 2. The summed E-state index contributed by atoms with van der Waals surface area (Å²) in [6, 6.07) is -0.388. The van der Waals surface area contributed by atoms with Crippen molar-refractivity contribution in [1.82, 2.24) is 15.5 Å². The Hall–Kier alpha value is -1.63. The number of amides is 1. The highest BCUT2D eigenvalue weighted by Crippen LogP contribution is 2.29. The number of methoxy groups -OCH3 is 1. The van der Waals surface area contributed by atoms with Crippen LogP contribution in [0.2, 0.25) is 0 Å². The van der Waals surface area contributed by atoms with Crippen LogP contribution in [0.1, 0.15) is 32.1 Å². The van der Waals surface area contributed by atoms with Gasteiger partial charge in [0, 0.05) is 12.6 Å². The van der Waals surface area contributed by atoms with E-state index < -0.39 is 12.0 Å². The number of nitrogens with zero attached hydrogens (tertiary/aromatic N) is 1. The third-order valence-electron chi connectivity index (χ3n) is 4.27. The van der Waals surface area contributed by atoms with Crippen LogP contribution in [0.15, 0.2) is 12.7 Å². The van der Waals surface area contributed by atoms with E-state index in [2.05, 4.69) is 17.2 Å². The predicted molar refractivity (Wildman–Crippen MR) is 87.2 cm³/mol. The SMILES string of the molecule is C=CCNC(=S)N1[C@H](CC(=O)OC)C(=O)N[C@@H]2CCCC[C@H]21. The van der Waals surface area contributed by atoms with Crippen LogP contribution in [0.25, 0.3) is 0 Å². The molecule has 0 bridgehead atoms. The smallest absolute Gasteiger partial charge is 0.308 e. The standard InChI is InChI=1S/C15H23N3O3S/c1-3-8-16-15(22)18-11-7-5-4-6-10(11)17-14(20)12(18)9-13(19)21-2/h3,10-12H,1,4-9H2,2H3,(H,16,22)(H,17,20)/t10-,11-,12-/m1/s1. The number of ether oxygens (including phenoxy) is 1. The lowest BCUT2D eigenvalue weighted by Gasteiger charge is -2.49. The van der Waals surface area contributed by atoms with Gasteiger partial charge in [-0.25, -0.2) is 0 Å². The number of esters is 1. The summed E-state index contributed by atoms with van der Waals surface area (Å²) in [6.07, 6.45) is 5.82. The van der Waals surface area contributed by atoms with E-state index in [0.717, 1.165) is 25.7 Å². The molecule has 0 unspecified atom stereocenters. The molecule has 0 aromatic rings. The number of piperazine rings is 1. The van der Waals surface area contributed by atoms with Gasteiger partial charge in [-0.3, -0.25) is 9.59 Å². The molecule has 2 N–H and O–H groups in total. The van der Waals surface area contributed by atoms with Gasteiger partial charge in [0.25, 0.3) is 0 Å². The van der Waals surface area contributed by atoms with Gasteiger partial charge < -0.3 is 20.3 Å². The minimum atomic E-state index is -0.614. The Labute approximate surface area is 136 Å². The van der Waals surface area contributed by atoms with Gasteiger partial charge in [-0.15, -0.1) is 6.58 Å². The average molecular weight is 325 g/mol. The van der Waals surface area contributed by atoms with E-state index in [-0.39, 0.29) is 24.4 Å². The highest BCUT2D eigenvalue weighted by atomic mass is 32.1. The lowest BCUT2D eigenvalue weighted by molar-refractivity contribution is -0.146. The fourth-order valence-corrected chi connectivity index (χ4v) is 3.57. The normalized spacial score (nSPS) is 27.4. The molecule has 1 aliphatic heterocycles. The highest BCUT2D eigenvalue weighted by Gasteiger charge is 2.44. The van der Waals surface area contributed by atoms with E-state index in [0.29, 0.717) is 11.7 Å². The molecule has 1 saturated carbocycles. The van der Waals surface area contributed by atoms with Crippen LogP contribution in [0.5, 0.6) is 0 Å². The minimum Gasteiger partial charge on any atom is -0.469 e. The number of nitrogens with one attached hydrogen (secondary N) is 2. The first-order valence-electron chi connectivity index (χ1n) is 7.62. The van der Waals surface area contributed by atoms with Crippen molar-refractivity contribution in [3.63, 3.8) is 0 Å². The maximum Gasteiger partial charge on any atom is 0.308 e. The Bertz CT molecular complexity index is 469. The third-order valence-corrected chi connectivity index (χ3v) is 4.63. The Morgan fingerprint density at radius 2 is 2.27 bits per heavy atom. The predicted octanol–water partition coefficient (Wildman–Crippen LogP) is 0.722. The number of hydrogen-bond acceptors (Lipinski definition) is 4. The molecule has 1 amide bonds. The second kappa shape index (κ2) is 7.58. The second-order valence-electron chi connectivity index (χ2n) is 5.64. The molecule has 1 saturated heterocycles. The molecule has 1 heterocycles. The van der Waals surface area contributed by atoms with Crippen molar-refractivity contribution < 1.29 is 14.3 Å². The number of thiocarbonyl (C=S) groups is 1. The number of rotatable bonds is 4. The van der Waals surface area contributed by atoms with Crippen LogP contribution in [0.4, 0.5) is 0 Å². The summed E-state index contributed by atoms with van der Waals surface area (Å²) in [7, 11) is 1.32. The minimum absolute atomic E-state index is 0.00145. The first kappa shape index (κ1) is 16.7. The zero-order valence-electron chi connectivity index (χ0n) is 12.8. The monoisotopic (exact) mass is 325 g/mol.